The standard InChI is InChI=1S/C21H34O3/c1-5-6-7-8-9-13-16-24-19(22)21(23,17-20(2,3)4)18-14-11-10-12-15-18/h10-12,14-15,23H,5-9,13,16-17H2,1-4H3. The van der Waals surface area contributed by atoms with Gasteiger partial charge in [-0.3, -0.25) is 0 Å². The third kappa shape index (κ3) is 7.04. The molecule has 3 nitrogen and oxygen atoms in total. The van der Waals surface area contributed by atoms with Crippen molar-refractivity contribution in [3.63, 3.8) is 0 Å². The molecular formula is C21H34O3. The molecule has 0 bridgehead atoms. The van der Waals surface area contributed by atoms with Gasteiger partial charge in [0.15, 0.2) is 5.60 Å². The van der Waals surface area contributed by atoms with Crippen LogP contribution in [0.4, 0.5) is 0 Å². The highest BCUT2D eigenvalue weighted by atomic mass is 16.5. The Balaban J connectivity index is 2.62. The van der Waals surface area contributed by atoms with Crippen molar-refractivity contribution in [1.82, 2.24) is 0 Å². The Bertz CT molecular complexity index is 476. The molecule has 0 spiro atoms. The summed E-state index contributed by atoms with van der Waals surface area (Å²) in [5.41, 5.74) is -1.17. The van der Waals surface area contributed by atoms with Crippen LogP contribution in [0.1, 0.15) is 78.2 Å². The molecule has 24 heavy (non-hydrogen) atoms. The summed E-state index contributed by atoms with van der Waals surface area (Å²) < 4.78 is 5.43. The van der Waals surface area contributed by atoms with Crippen LogP contribution in [-0.2, 0) is 15.1 Å². The molecule has 1 atom stereocenters. The van der Waals surface area contributed by atoms with E-state index < -0.39 is 11.6 Å². The van der Waals surface area contributed by atoms with Crippen LogP contribution in [0.25, 0.3) is 0 Å². The molecule has 0 aliphatic rings. The third-order valence-electron chi connectivity index (χ3n) is 4.11. The number of hydrogen-bond acceptors (Lipinski definition) is 3. The SMILES string of the molecule is CCCCCCCCOC(=O)C(O)(CC(C)(C)C)c1ccccc1. The molecule has 1 rings (SSSR count). The van der Waals surface area contributed by atoms with E-state index in [1.807, 2.05) is 39.0 Å². The van der Waals surface area contributed by atoms with Gasteiger partial charge in [0.2, 0.25) is 0 Å². The second kappa shape index (κ2) is 9.83. The van der Waals surface area contributed by atoms with E-state index in [0.717, 1.165) is 12.8 Å². The smallest absolute Gasteiger partial charge is 0.342 e. The summed E-state index contributed by atoms with van der Waals surface area (Å²) in [6, 6.07) is 9.13. The Labute approximate surface area is 147 Å². The lowest BCUT2D eigenvalue weighted by Crippen LogP contribution is -2.40. The summed E-state index contributed by atoms with van der Waals surface area (Å²) >= 11 is 0. The molecular weight excluding hydrogens is 300 g/mol. The second-order valence-corrected chi connectivity index (χ2v) is 7.87. The number of aliphatic hydroxyl groups is 1. The van der Waals surface area contributed by atoms with Gasteiger partial charge in [0.05, 0.1) is 6.61 Å². The van der Waals surface area contributed by atoms with E-state index in [1.54, 1.807) is 12.1 Å². The average molecular weight is 334 g/mol. The number of rotatable bonds is 10. The minimum atomic E-state index is -1.58. The fraction of sp³-hybridized carbons (Fsp3) is 0.667. The summed E-state index contributed by atoms with van der Waals surface area (Å²) in [5.74, 6) is -0.530. The second-order valence-electron chi connectivity index (χ2n) is 7.87. The van der Waals surface area contributed by atoms with Crippen molar-refractivity contribution in [1.29, 1.82) is 0 Å². The van der Waals surface area contributed by atoms with Crippen molar-refractivity contribution in [2.75, 3.05) is 6.61 Å². The molecule has 0 heterocycles. The van der Waals surface area contributed by atoms with Gasteiger partial charge in [0, 0.05) is 0 Å². The molecule has 3 heteroatoms. The first-order valence-corrected chi connectivity index (χ1v) is 9.25. The Morgan fingerprint density at radius 1 is 1.00 bits per heavy atom. The summed E-state index contributed by atoms with van der Waals surface area (Å²) in [7, 11) is 0. The van der Waals surface area contributed by atoms with Crippen LogP contribution in [0.3, 0.4) is 0 Å². The van der Waals surface area contributed by atoms with Gasteiger partial charge in [-0.1, -0.05) is 90.1 Å². The van der Waals surface area contributed by atoms with E-state index in [2.05, 4.69) is 6.92 Å². The first kappa shape index (κ1) is 20.7. The monoisotopic (exact) mass is 334 g/mol. The van der Waals surface area contributed by atoms with Crippen molar-refractivity contribution in [2.45, 2.75) is 78.2 Å². The summed E-state index contributed by atoms with van der Waals surface area (Å²) in [4.78, 5) is 12.6. The molecule has 1 aromatic carbocycles. The molecule has 0 fully saturated rings. The number of ether oxygens (including phenoxy) is 1. The highest BCUT2D eigenvalue weighted by molar-refractivity contribution is 5.81. The number of esters is 1. The van der Waals surface area contributed by atoms with Crippen molar-refractivity contribution in [2.24, 2.45) is 5.41 Å². The topological polar surface area (TPSA) is 46.5 Å². The quantitative estimate of drug-likeness (QED) is 0.472. The van der Waals surface area contributed by atoms with Gasteiger partial charge in [-0.15, -0.1) is 0 Å². The third-order valence-corrected chi connectivity index (χ3v) is 4.11. The van der Waals surface area contributed by atoms with Gasteiger partial charge >= 0.3 is 5.97 Å². The number of carbonyl (C=O) groups excluding carboxylic acids is 1. The minimum absolute atomic E-state index is 0.191. The summed E-state index contributed by atoms with van der Waals surface area (Å²) in [5, 5.41) is 11.1. The number of benzene rings is 1. The number of carbonyl (C=O) groups is 1. The maximum atomic E-state index is 12.6. The van der Waals surface area contributed by atoms with Crippen molar-refractivity contribution < 1.29 is 14.6 Å². The Hall–Kier alpha value is -1.35. The van der Waals surface area contributed by atoms with E-state index in [9.17, 15) is 9.90 Å². The predicted molar refractivity (Wildman–Crippen MR) is 98.7 cm³/mol. The normalized spacial score (nSPS) is 14.2. The van der Waals surface area contributed by atoms with Crippen LogP contribution in [0.5, 0.6) is 0 Å². The van der Waals surface area contributed by atoms with E-state index in [0.29, 0.717) is 18.6 Å². The van der Waals surface area contributed by atoms with Gasteiger partial charge in [0.1, 0.15) is 0 Å². The molecule has 0 saturated carbocycles. The molecule has 0 aliphatic heterocycles. The van der Waals surface area contributed by atoms with Crippen LogP contribution in [0.15, 0.2) is 30.3 Å². The van der Waals surface area contributed by atoms with Gasteiger partial charge in [0.25, 0.3) is 0 Å². The molecule has 0 aliphatic carbocycles. The van der Waals surface area contributed by atoms with Crippen molar-refractivity contribution >= 4 is 5.97 Å². The average Bonchev–Trinajstić information content (AvgIpc) is 2.53. The number of unbranched alkanes of at least 4 members (excludes halogenated alkanes) is 5. The van der Waals surface area contributed by atoms with Gasteiger partial charge in [-0.2, -0.15) is 0 Å². The van der Waals surface area contributed by atoms with E-state index in [-0.39, 0.29) is 5.41 Å². The molecule has 1 N–H and O–H groups in total. The Morgan fingerprint density at radius 3 is 2.17 bits per heavy atom. The van der Waals surface area contributed by atoms with Crippen LogP contribution in [0.2, 0.25) is 0 Å². The molecule has 0 amide bonds. The predicted octanol–water partition coefficient (Wildman–Crippen LogP) is 5.21. The van der Waals surface area contributed by atoms with E-state index in [1.165, 1.54) is 25.7 Å². The van der Waals surface area contributed by atoms with E-state index in [4.69, 9.17) is 4.74 Å². The highest BCUT2D eigenvalue weighted by Gasteiger charge is 2.42. The van der Waals surface area contributed by atoms with Crippen molar-refractivity contribution in [3.05, 3.63) is 35.9 Å². The van der Waals surface area contributed by atoms with Gasteiger partial charge < -0.3 is 9.84 Å². The van der Waals surface area contributed by atoms with Crippen LogP contribution >= 0.6 is 0 Å². The van der Waals surface area contributed by atoms with E-state index >= 15 is 0 Å². The summed E-state index contributed by atoms with van der Waals surface area (Å²) in [6.07, 6.45) is 7.16. The molecule has 0 radical (unpaired) electrons. The lowest BCUT2D eigenvalue weighted by atomic mass is 9.78. The zero-order valence-electron chi connectivity index (χ0n) is 15.8. The lowest BCUT2D eigenvalue weighted by Gasteiger charge is -2.32. The zero-order chi connectivity index (χ0) is 18.1. The molecule has 1 unspecified atom stereocenters. The molecule has 0 saturated heterocycles. The fourth-order valence-corrected chi connectivity index (χ4v) is 2.94. The molecule has 0 aromatic heterocycles. The van der Waals surface area contributed by atoms with Crippen LogP contribution in [-0.4, -0.2) is 17.7 Å². The molecule has 1 aromatic rings. The molecule has 136 valence electrons. The minimum Gasteiger partial charge on any atom is -0.463 e. The lowest BCUT2D eigenvalue weighted by molar-refractivity contribution is -0.170. The fourth-order valence-electron chi connectivity index (χ4n) is 2.94. The Kier molecular flexibility index (Phi) is 8.47. The van der Waals surface area contributed by atoms with Gasteiger partial charge in [-0.25, -0.2) is 4.79 Å². The highest BCUT2D eigenvalue weighted by Crippen LogP contribution is 2.35. The largest absolute Gasteiger partial charge is 0.463 e. The van der Waals surface area contributed by atoms with Crippen LogP contribution < -0.4 is 0 Å². The van der Waals surface area contributed by atoms with Crippen molar-refractivity contribution in [3.8, 4) is 0 Å². The van der Waals surface area contributed by atoms with Crippen LogP contribution in [0, 0.1) is 5.41 Å². The summed E-state index contributed by atoms with van der Waals surface area (Å²) in [6.45, 7) is 8.62. The van der Waals surface area contributed by atoms with Gasteiger partial charge in [-0.05, 0) is 23.8 Å². The first-order valence-electron chi connectivity index (χ1n) is 9.25. The maximum Gasteiger partial charge on any atom is 0.342 e. The maximum absolute atomic E-state index is 12.6. The number of hydrogen-bond donors (Lipinski definition) is 1. The Morgan fingerprint density at radius 2 is 1.58 bits per heavy atom. The zero-order valence-corrected chi connectivity index (χ0v) is 15.8. The first-order chi connectivity index (χ1) is 11.3.